The second kappa shape index (κ2) is 6.80. The molecule has 1 atom stereocenters. The minimum Gasteiger partial charge on any atom is -0.496 e. The summed E-state index contributed by atoms with van der Waals surface area (Å²) >= 11 is 0. The molecule has 1 fully saturated rings. The van der Waals surface area contributed by atoms with Crippen LogP contribution in [-0.4, -0.2) is 7.11 Å². The normalized spacial score (nSPS) is 24.6. The highest BCUT2D eigenvalue weighted by Crippen LogP contribution is 2.44. The molecule has 0 spiro atoms. The zero-order valence-corrected chi connectivity index (χ0v) is 13.9. The minimum absolute atomic E-state index is 0.182. The van der Waals surface area contributed by atoms with Crippen molar-refractivity contribution < 1.29 is 4.74 Å². The first-order valence-corrected chi connectivity index (χ1v) is 8.06. The Morgan fingerprint density at radius 2 is 1.76 bits per heavy atom. The van der Waals surface area contributed by atoms with Crippen LogP contribution in [0.15, 0.2) is 24.3 Å². The zero-order valence-electron chi connectivity index (χ0n) is 13.9. The molecule has 1 saturated carbocycles. The van der Waals surface area contributed by atoms with Gasteiger partial charge in [-0.2, -0.15) is 0 Å². The molecule has 3 nitrogen and oxygen atoms in total. The zero-order chi connectivity index (χ0) is 15.5. The van der Waals surface area contributed by atoms with Crippen LogP contribution in [0.25, 0.3) is 0 Å². The number of para-hydroxylation sites is 1. The van der Waals surface area contributed by atoms with E-state index >= 15 is 0 Å². The molecule has 3 heteroatoms. The number of methoxy groups -OCH3 is 1. The molecular formula is C18H30N2O. The van der Waals surface area contributed by atoms with E-state index in [4.69, 9.17) is 10.6 Å². The van der Waals surface area contributed by atoms with E-state index in [0.717, 1.165) is 11.7 Å². The number of hydrazine groups is 1. The molecular weight excluding hydrogens is 260 g/mol. The molecule has 0 aliphatic heterocycles. The predicted octanol–water partition coefficient (Wildman–Crippen LogP) is 4.05. The second-order valence-corrected chi connectivity index (χ2v) is 7.36. The average Bonchev–Trinajstić information content (AvgIpc) is 2.48. The Morgan fingerprint density at radius 3 is 2.29 bits per heavy atom. The molecule has 1 aromatic carbocycles. The minimum atomic E-state index is 0.182. The van der Waals surface area contributed by atoms with Crippen molar-refractivity contribution in [2.75, 3.05) is 7.11 Å². The standard InChI is InChI=1S/C18H30N2O/c1-18(2,3)14-11-9-13(10-12-14)17(20-19)15-7-5-6-8-16(15)21-4/h5-8,13-14,17,20H,9-12,19H2,1-4H3. The van der Waals surface area contributed by atoms with Crippen LogP contribution in [-0.2, 0) is 0 Å². The summed E-state index contributed by atoms with van der Waals surface area (Å²) in [5.74, 6) is 8.21. The fourth-order valence-electron chi connectivity index (χ4n) is 3.72. The number of hydrogen-bond acceptors (Lipinski definition) is 3. The highest BCUT2D eigenvalue weighted by atomic mass is 16.5. The molecule has 0 amide bonds. The first kappa shape index (κ1) is 16.3. The third kappa shape index (κ3) is 3.78. The summed E-state index contributed by atoms with van der Waals surface area (Å²) < 4.78 is 5.50. The van der Waals surface area contributed by atoms with Gasteiger partial charge >= 0.3 is 0 Å². The Bertz CT molecular complexity index is 445. The van der Waals surface area contributed by atoms with E-state index in [2.05, 4.69) is 38.3 Å². The summed E-state index contributed by atoms with van der Waals surface area (Å²) in [5, 5.41) is 0. The lowest BCUT2D eigenvalue weighted by Crippen LogP contribution is -2.37. The molecule has 21 heavy (non-hydrogen) atoms. The Morgan fingerprint density at radius 1 is 1.14 bits per heavy atom. The molecule has 1 unspecified atom stereocenters. The predicted molar refractivity (Wildman–Crippen MR) is 88.0 cm³/mol. The molecule has 0 saturated heterocycles. The van der Waals surface area contributed by atoms with Gasteiger partial charge in [-0.15, -0.1) is 0 Å². The van der Waals surface area contributed by atoms with Gasteiger partial charge < -0.3 is 4.74 Å². The third-order valence-corrected chi connectivity index (χ3v) is 5.12. The van der Waals surface area contributed by atoms with Crippen LogP contribution in [0.1, 0.15) is 58.1 Å². The highest BCUT2D eigenvalue weighted by Gasteiger charge is 2.33. The first-order valence-electron chi connectivity index (χ1n) is 8.06. The van der Waals surface area contributed by atoms with Crippen LogP contribution in [0.2, 0.25) is 0 Å². The molecule has 2 rings (SSSR count). The van der Waals surface area contributed by atoms with E-state index in [1.165, 1.54) is 31.2 Å². The van der Waals surface area contributed by atoms with Crippen molar-refractivity contribution in [3.8, 4) is 5.75 Å². The summed E-state index contributed by atoms with van der Waals surface area (Å²) in [6.45, 7) is 7.07. The highest BCUT2D eigenvalue weighted by molar-refractivity contribution is 5.36. The molecule has 118 valence electrons. The van der Waals surface area contributed by atoms with Gasteiger partial charge in [0.25, 0.3) is 0 Å². The van der Waals surface area contributed by atoms with E-state index in [-0.39, 0.29) is 6.04 Å². The van der Waals surface area contributed by atoms with Gasteiger partial charge in [0.05, 0.1) is 13.2 Å². The number of nitrogens with two attached hydrogens (primary N) is 1. The van der Waals surface area contributed by atoms with E-state index in [9.17, 15) is 0 Å². The van der Waals surface area contributed by atoms with Crippen LogP contribution in [0.3, 0.4) is 0 Å². The molecule has 0 bridgehead atoms. The maximum absolute atomic E-state index is 5.87. The van der Waals surface area contributed by atoms with Gasteiger partial charge in [0.1, 0.15) is 5.75 Å². The van der Waals surface area contributed by atoms with E-state index < -0.39 is 0 Å². The van der Waals surface area contributed by atoms with E-state index in [1.807, 2.05) is 12.1 Å². The van der Waals surface area contributed by atoms with Crippen LogP contribution >= 0.6 is 0 Å². The summed E-state index contributed by atoms with van der Waals surface area (Å²) in [6, 6.07) is 8.39. The Hall–Kier alpha value is -1.06. The fourth-order valence-corrected chi connectivity index (χ4v) is 3.72. The second-order valence-electron chi connectivity index (χ2n) is 7.36. The number of nitrogens with one attached hydrogen (secondary N) is 1. The van der Waals surface area contributed by atoms with Gasteiger partial charge in [-0.3, -0.25) is 11.3 Å². The molecule has 1 aliphatic carbocycles. The van der Waals surface area contributed by atoms with Gasteiger partial charge in [-0.25, -0.2) is 0 Å². The maximum atomic E-state index is 5.87. The van der Waals surface area contributed by atoms with Crippen molar-refractivity contribution in [2.24, 2.45) is 23.1 Å². The monoisotopic (exact) mass is 290 g/mol. The van der Waals surface area contributed by atoms with Gasteiger partial charge in [0.15, 0.2) is 0 Å². The largest absolute Gasteiger partial charge is 0.496 e. The van der Waals surface area contributed by atoms with Crippen molar-refractivity contribution >= 4 is 0 Å². The van der Waals surface area contributed by atoms with Gasteiger partial charge in [0.2, 0.25) is 0 Å². The topological polar surface area (TPSA) is 47.3 Å². The summed E-state index contributed by atoms with van der Waals surface area (Å²) in [6.07, 6.45) is 5.05. The van der Waals surface area contributed by atoms with Crippen molar-refractivity contribution in [3.05, 3.63) is 29.8 Å². The van der Waals surface area contributed by atoms with Gasteiger partial charge in [0, 0.05) is 5.56 Å². The lowest BCUT2D eigenvalue weighted by molar-refractivity contribution is 0.132. The van der Waals surface area contributed by atoms with Crippen LogP contribution in [0.5, 0.6) is 5.75 Å². The molecule has 0 radical (unpaired) electrons. The number of ether oxygens (including phenoxy) is 1. The Labute approximate surface area is 129 Å². The first-order chi connectivity index (χ1) is 9.97. The number of benzene rings is 1. The average molecular weight is 290 g/mol. The van der Waals surface area contributed by atoms with Gasteiger partial charge in [-0.05, 0) is 49.0 Å². The number of rotatable bonds is 4. The lowest BCUT2D eigenvalue weighted by atomic mass is 9.68. The lowest BCUT2D eigenvalue weighted by Gasteiger charge is -2.39. The number of hydrogen-bond donors (Lipinski definition) is 2. The third-order valence-electron chi connectivity index (χ3n) is 5.12. The molecule has 3 N–H and O–H groups in total. The summed E-state index contributed by atoms with van der Waals surface area (Å²) in [7, 11) is 1.73. The SMILES string of the molecule is COc1ccccc1C(NN)C1CCC(C(C)(C)C)CC1. The summed E-state index contributed by atoms with van der Waals surface area (Å²) in [5.41, 5.74) is 4.64. The summed E-state index contributed by atoms with van der Waals surface area (Å²) in [4.78, 5) is 0. The van der Waals surface area contributed by atoms with E-state index in [1.54, 1.807) is 7.11 Å². The maximum Gasteiger partial charge on any atom is 0.123 e. The van der Waals surface area contributed by atoms with Crippen molar-refractivity contribution in [1.82, 2.24) is 5.43 Å². The Kier molecular flexibility index (Phi) is 5.28. The van der Waals surface area contributed by atoms with Crippen LogP contribution < -0.4 is 16.0 Å². The van der Waals surface area contributed by atoms with Crippen LogP contribution in [0, 0.1) is 17.3 Å². The fraction of sp³-hybridized carbons (Fsp3) is 0.667. The molecule has 1 aliphatic rings. The van der Waals surface area contributed by atoms with Crippen LogP contribution in [0.4, 0.5) is 0 Å². The molecule has 0 heterocycles. The van der Waals surface area contributed by atoms with Crippen molar-refractivity contribution in [3.63, 3.8) is 0 Å². The van der Waals surface area contributed by atoms with Crippen molar-refractivity contribution in [1.29, 1.82) is 0 Å². The van der Waals surface area contributed by atoms with Crippen molar-refractivity contribution in [2.45, 2.75) is 52.5 Å². The van der Waals surface area contributed by atoms with Gasteiger partial charge in [-0.1, -0.05) is 39.0 Å². The molecule has 1 aromatic rings. The molecule has 0 aromatic heterocycles. The smallest absolute Gasteiger partial charge is 0.123 e. The quantitative estimate of drug-likeness (QED) is 0.649. The Balaban J connectivity index is 2.10. The van der Waals surface area contributed by atoms with E-state index in [0.29, 0.717) is 11.3 Å².